The van der Waals surface area contributed by atoms with Gasteiger partial charge in [-0.15, -0.1) is 0 Å². The molecule has 0 bridgehead atoms. The Bertz CT molecular complexity index is 1100. The third kappa shape index (κ3) is 4.30. The number of hydrogen-bond donors (Lipinski definition) is 0. The summed E-state index contributed by atoms with van der Waals surface area (Å²) in [7, 11) is 2.73. The van der Waals surface area contributed by atoms with Gasteiger partial charge in [0.25, 0.3) is 0 Å². The molecule has 34 heavy (non-hydrogen) atoms. The lowest BCUT2D eigenvalue weighted by atomic mass is 9.73. The first kappa shape index (κ1) is 23.9. The fourth-order valence-electron chi connectivity index (χ4n) is 4.85. The van der Waals surface area contributed by atoms with Gasteiger partial charge in [0.05, 0.1) is 44.6 Å². The van der Waals surface area contributed by atoms with Crippen LogP contribution in [0.1, 0.15) is 17.9 Å². The highest BCUT2D eigenvalue weighted by molar-refractivity contribution is 6.70. The van der Waals surface area contributed by atoms with Crippen LogP contribution in [0.2, 0.25) is 19.6 Å². The summed E-state index contributed by atoms with van der Waals surface area (Å²) in [4.78, 5) is 28.6. The van der Waals surface area contributed by atoms with Crippen molar-refractivity contribution in [3.8, 4) is 17.2 Å². The van der Waals surface area contributed by atoms with Crippen molar-refractivity contribution in [3.05, 3.63) is 59.9 Å². The fourth-order valence-corrected chi connectivity index (χ4v) is 5.79. The Balaban J connectivity index is 1.84. The van der Waals surface area contributed by atoms with E-state index in [4.69, 9.17) is 18.6 Å². The number of methoxy groups -OCH3 is 3. The first-order valence-electron chi connectivity index (χ1n) is 11.3. The van der Waals surface area contributed by atoms with Crippen molar-refractivity contribution >= 4 is 25.8 Å². The Hall–Kier alpha value is -3.26. The van der Waals surface area contributed by atoms with E-state index < -0.39 is 20.2 Å². The van der Waals surface area contributed by atoms with Gasteiger partial charge >= 0.3 is 0 Å². The number of imide groups is 1. The van der Waals surface area contributed by atoms with Crippen LogP contribution >= 0.6 is 0 Å². The Kier molecular flexibility index (Phi) is 6.44. The van der Waals surface area contributed by atoms with Crippen molar-refractivity contribution in [2.45, 2.75) is 32.0 Å². The number of fused-ring (bicyclic) bond motifs is 1. The Morgan fingerprint density at radius 2 is 1.50 bits per heavy atom. The van der Waals surface area contributed by atoms with E-state index in [9.17, 15) is 9.59 Å². The molecule has 2 aliphatic rings. The molecule has 0 saturated carbocycles. The standard InChI is InChI=1S/C26H31NO6Si/c1-30-21-12-16(13-22(31-2)24(21)32-3)19-14-18(33-34(4,5)6)15-20-23(19)26(29)27(25(20)28)17-10-8-7-9-11-17/h7-14,19-20,23H,15H2,1-6H3/t19-,20-,23+/m1/s1. The van der Waals surface area contributed by atoms with Crippen molar-refractivity contribution in [2.75, 3.05) is 26.2 Å². The first-order chi connectivity index (χ1) is 16.2. The summed E-state index contributed by atoms with van der Waals surface area (Å²) < 4.78 is 22.9. The van der Waals surface area contributed by atoms with Gasteiger partial charge in [-0.05, 0) is 55.5 Å². The van der Waals surface area contributed by atoms with Crippen molar-refractivity contribution in [1.82, 2.24) is 0 Å². The van der Waals surface area contributed by atoms with Crippen LogP contribution in [0, 0.1) is 11.8 Å². The average molecular weight is 482 g/mol. The molecule has 180 valence electrons. The average Bonchev–Trinajstić information content (AvgIpc) is 3.06. The predicted octanol–water partition coefficient (Wildman–Crippen LogP) is 4.74. The SMILES string of the molecule is COc1cc([C@H]2C=C(O[Si](C)(C)C)C[C@H]3C(=O)N(c4ccccc4)C(=O)[C@@H]23)cc(OC)c1OC. The summed E-state index contributed by atoms with van der Waals surface area (Å²) in [6.07, 6.45) is 2.41. The molecule has 2 aromatic rings. The number of ether oxygens (including phenoxy) is 3. The van der Waals surface area contributed by atoms with E-state index in [1.54, 1.807) is 33.5 Å². The molecule has 0 aromatic heterocycles. The molecule has 1 aliphatic heterocycles. The van der Waals surface area contributed by atoms with Crippen LogP contribution in [0.15, 0.2) is 54.3 Å². The van der Waals surface area contributed by atoms with Gasteiger partial charge in [0, 0.05) is 12.3 Å². The molecule has 1 fully saturated rings. The lowest BCUT2D eigenvalue weighted by molar-refractivity contribution is -0.122. The number of carbonyl (C=O) groups excluding carboxylic acids is 2. The zero-order chi connectivity index (χ0) is 24.6. The highest BCUT2D eigenvalue weighted by atomic mass is 28.4. The van der Waals surface area contributed by atoms with Crippen molar-refractivity contribution < 1.29 is 28.2 Å². The lowest BCUT2D eigenvalue weighted by Crippen LogP contribution is -2.32. The molecule has 1 saturated heterocycles. The van der Waals surface area contributed by atoms with Gasteiger partial charge in [0.15, 0.2) is 11.5 Å². The number of allylic oxidation sites excluding steroid dienone is 2. The second-order valence-electron chi connectivity index (χ2n) is 9.52. The van der Waals surface area contributed by atoms with E-state index >= 15 is 0 Å². The highest BCUT2D eigenvalue weighted by Gasteiger charge is 2.54. The maximum absolute atomic E-state index is 13.7. The van der Waals surface area contributed by atoms with Crippen LogP contribution in [0.3, 0.4) is 0 Å². The normalized spacial score (nSPS) is 22.2. The maximum Gasteiger partial charge on any atom is 0.241 e. The minimum Gasteiger partial charge on any atom is -0.548 e. The molecule has 2 aromatic carbocycles. The third-order valence-corrected chi connectivity index (χ3v) is 7.05. The van der Waals surface area contributed by atoms with Crippen LogP contribution in [0.4, 0.5) is 5.69 Å². The van der Waals surface area contributed by atoms with Gasteiger partial charge < -0.3 is 18.6 Å². The Labute approximate surface area is 201 Å². The zero-order valence-corrected chi connectivity index (χ0v) is 21.5. The highest BCUT2D eigenvalue weighted by Crippen LogP contribution is 2.50. The van der Waals surface area contributed by atoms with Gasteiger partial charge in [0.2, 0.25) is 25.9 Å². The molecular formula is C26H31NO6Si. The van der Waals surface area contributed by atoms with Gasteiger partial charge in [-0.25, -0.2) is 0 Å². The minimum atomic E-state index is -1.94. The smallest absolute Gasteiger partial charge is 0.241 e. The molecule has 8 heteroatoms. The predicted molar refractivity (Wildman–Crippen MR) is 132 cm³/mol. The van der Waals surface area contributed by atoms with Gasteiger partial charge in [-0.2, -0.15) is 0 Å². The number of benzene rings is 2. The van der Waals surface area contributed by atoms with Crippen LogP contribution in [-0.4, -0.2) is 41.5 Å². The Morgan fingerprint density at radius 1 is 0.882 bits per heavy atom. The fraction of sp³-hybridized carbons (Fsp3) is 0.385. The van der Waals surface area contributed by atoms with Crippen LogP contribution in [-0.2, 0) is 14.0 Å². The van der Waals surface area contributed by atoms with Gasteiger partial charge in [0.1, 0.15) is 0 Å². The Morgan fingerprint density at radius 3 is 2.03 bits per heavy atom. The van der Waals surface area contributed by atoms with Crippen molar-refractivity contribution in [1.29, 1.82) is 0 Å². The molecule has 1 aliphatic carbocycles. The van der Waals surface area contributed by atoms with Crippen LogP contribution < -0.4 is 19.1 Å². The summed E-state index contributed by atoms with van der Waals surface area (Å²) in [6.45, 7) is 6.31. The van der Waals surface area contributed by atoms with E-state index in [-0.39, 0.29) is 17.7 Å². The van der Waals surface area contributed by atoms with Crippen LogP contribution in [0.5, 0.6) is 17.2 Å². The first-order valence-corrected chi connectivity index (χ1v) is 14.7. The molecule has 3 atom stereocenters. The summed E-state index contributed by atoms with van der Waals surface area (Å²) in [5, 5.41) is 0. The third-order valence-electron chi connectivity index (χ3n) is 6.17. The molecule has 0 radical (unpaired) electrons. The van der Waals surface area contributed by atoms with E-state index in [1.165, 1.54) is 4.90 Å². The van der Waals surface area contributed by atoms with Crippen LogP contribution in [0.25, 0.3) is 0 Å². The number of rotatable bonds is 7. The molecule has 2 amide bonds. The van der Waals surface area contributed by atoms with E-state index in [2.05, 4.69) is 19.6 Å². The molecule has 0 N–H and O–H groups in total. The van der Waals surface area contributed by atoms with E-state index in [0.717, 1.165) is 11.3 Å². The molecule has 0 unspecified atom stereocenters. The summed E-state index contributed by atoms with van der Waals surface area (Å²) in [5.74, 6) is 0.389. The second kappa shape index (κ2) is 9.17. The van der Waals surface area contributed by atoms with Gasteiger partial charge in [-0.3, -0.25) is 14.5 Å². The molecule has 1 heterocycles. The number of nitrogens with zero attached hydrogens (tertiary/aromatic N) is 1. The molecular weight excluding hydrogens is 450 g/mol. The van der Waals surface area contributed by atoms with Crippen molar-refractivity contribution in [2.24, 2.45) is 11.8 Å². The molecule has 4 rings (SSSR count). The quantitative estimate of drug-likeness (QED) is 0.420. The topological polar surface area (TPSA) is 74.3 Å². The minimum absolute atomic E-state index is 0.191. The zero-order valence-electron chi connectivity index (χ0n) is 20.5. The van der Waals surface area contributed by atoms with E-state index in [1.807, 2.05) is 36.4 Å². The number of para-hydroxylation sites is 1. The number of carbonyl (C=O) groups is 2. The second-order valence-corrected chi connectivity index (χ2v) is 13.9. The molecule has 0 spiro atoms. The number of hydrogen-bond acceptors (Lipinski definition) is 6. The largest absolute Gasteiger partial charge is 0.548 e. The monoisotopic (exact) mass is 481 g/mol. The summed E-state index contributed by atoms with van der Waals surface area (Å²) in [6, 6.07) is 12.8. The maximum atomic E-state index is 13.7. The summed E-state index contributed by atoms with van der Waals surface area (Å²) >= 11 is 0. The molecule has 7 nitrogen and oxygen atoms in total. The van der Waals surface area contributed by atoms with E-state index in [0.29, 0.717) is 29.4 Å². The summed E-state index contributed by atoms with van der Waals surface area (Å²) in [5.41, 5.74) is 1.39. The number of amides is 2. The lowest BCUT2D eigenvalue weighted by Gasteiger charge is -2.33. The van der Waals surface area contributed by atoms with Gasteiger partial charge in [-0.1, -0.05) is 18.2 Å². The number of anilines is 1. The van der Waals surface area contributed by atoms with Crippen molar-refractivity contribution in [3.63, 3.8) is 0 Å².